The zero-order valence-corrected chi connectivity index (χ0v) is 13.4. The predicted molar refractivity (Wildman–Crippen MR) is 85.6 cm³/mol. The van der Waals surface area contributed by atoms with E-state index in [9.17, 15) is 4.79 Å². The van der Waals surface area contributed by atoms with Crippen molar-refractivity contribution in [3.8, 4) is 0 Å². The molecule has 0 fully saturated rings. The first kappa shape index (κ1) is 15.7. The molecule has 122 valence electrons. The van der Waals surface area contributed by atoms with Crippen molar-refractivity contribution in [1.82, 2.24) is 19.4 Å². The number of fused-ring (bicyclic) bond motifs is 1. The molecule has 0 bridgehead atoms. The van der Waals surface area contributed by atoms with Gasteiger partial charge >= 0.3 is 0 Å². The standard InChI is InChI=1S/C17H22N4O2/c1-2-23-12-14-9-20(11-16-8-18-13-21(16)10-14)17(22)7-15-5-3-4-6-19-15/h3-6,8,13-14H,2,7,9-12H2,1H3. The van der Waals surface area contributed by atoms with Gasteiger partial charge < -0.3 is 14.2 Å². The van der Waals surface area contributed by atoms with Crippen LogP contribution in [0.2, 0.25) is 0 Å². The van der Waals surface area contributed by atoms with Gasteiger partial charge in [0, 0.05) is 43.7 Å². The molecule has 1 atom stereocenters. The first-order valence-electron chi connectivity index (χ1n) is 8.00. The van der Waals surface area contributed by atoms with E-state index in [4.69, 9.17) is 4.74 Å². The van der Waals surface area contributed by atoms with Crippen LogP contribution in [0.1, 0.15) is 18.3 Å². The second kappa shape index (κ2) is 7.37. The molecule has 0 aromatic carbocycles. The third-order valence-corrected chi connectivity index (χ3v) is 4.05. The maximum absolute atomic E-state index is 12.7. The lowest BCUT2D eigenvalue weighted by molar-refractivity contribution is -0.132. The Morgan fingerprint density at radius 3 is 3.09 bits per heavy atom. The maximum atomic E-state index is 12.7. The van der Waals surface area contributed by atoms with E-state index in [1.54, 1.807) is 6.20 Å². The molecule has 6 nitrogen and oxygen atoms in total. The first-order valence-corrected chi connectivity index (χ1v) is 8.00. The molecule has 1 amide bonds. The number of ether oxygens (including phenoxy) is 1. The summed E-state index contributed by atoms with van der Waals surface area (Å²) < 4.78 is 7.71. The molecule has 0 saturated heterocycles. The molecule has 6 heteroatoms. The lowest BCUT2D eigenvalue weighted by atomic mass is 10.1. The van der Waals surface area contributed by atoms with Crippen LogP contribution in [-0.4, -0.2) is 45.1 Å². The third-order valence-electron chi connectivity index (χ3n) is 4.05. The normalized spacial score (nSPS) is 17.6. The van der Waals surface area contributed by atoms with Gasteiger partial charge in [0.2, 0.25) is 5.91 Å². The van der Waals surface area contributed by atoms with E-state index >= 15 is 0 Å². The van der Waals surface area contributed by atoms with Crippen molar-refractivity contribution >= 4 is 5.91 Å². The smallest absolute Gasteiger partial charge is 0.228 e. The lowest BCUT2D eigenvalue weighted by Gasteiger charge is -2.24. The van der Waals surface area contributed by atoms with Gasteiger partial charge in [-0.1, -0.05) is 6.07 Å². The fourth-order valence-corrected chi connectivity index (χ4v) is 2.90. The second-order valence-electron chi connectivity index (χ2n) is 5.83. The molecule has 2 aromatic rings. The molecular weight excluding hydrogens is 292 g/mol. The average molecular weight is 314 g/mol. The van der Waals surface area contributed by atoms with Crippen LogP contribution in [0.15, 0.2) is 36.9 Å². The number of rotatable bonds is 5. The first-order chi connectivity index (χ1) is 11.3. The maximum Gasteiger partial charge on any atom is 0.228 e. The van der Waals surface area contributed by atoms with Gasteiger partial charge in [-0.25, -0.2) is 4.98 Å². The van der Waals surface area contributed by atoms with Gasteiger partial charge in [0.15, 0.2) is 0 Å². The van der Waals surface area contributed by atoms with E-state index in [2.05, 4.69) is 14.5 Å². The number of pyridine rings is 1. The Bertz CT molecular complexity index is 641. The zero-order valence-electron chi connectivity index (χ0n) is 13.4. The van der Waals surface area contributed by atoms with Crippen molar-refractivity contribution in [2.45, 2.75) is 26.4 Å². The van der Waals surface area contributed by atoms with Crippen molar-refractivity contribution in [2.24, 2.45) is 5.92 Å². The molecule has 0 radical (unpaired) electrons. The molecule has 1 aliphatic heterocycles. The number of hydrogen-bond donors (Lipinski definition) is 0. The predicted octanol–water partition coefficient (Wildman–Crippen LogP) is 1.52. The summed E-state index contributed by atoms with van der Waals surface area (Å²) in [7, 11) is 0. The van der Waals surface area contributed by atoms with E-state index in [0.29, 0.717) is 32.7 Å². The van der Waals surface area contributed by atoms with Crippen molar-refractivity contribution in [2.75, 3.05) is 19.8 Å². The molecule has 0 spiro atoms. The van der Waals surface area contributed by atoms with Crippen LogP contribution in [-0.2, 0) is 29.0 Å². The summed E-state index contributed by atoms with van der Waals surface area (Å²) in [5.74, 6) is 0.373. The minimum atomic E-state index is 0.0971. The molecule has 1 aliphatic rings. The Labute approximate surface area is 136 Å². The van der Waals surface area contributed by atoms with Gasteiger partial charge in [-0.15, -0.1) is 0 Å². The Balaban J connectivity index is 1.73. The summed E-state index contributed by atoms with van der Waals surface area (Å²) >= 11 is 0. The van der Waals surface area contributed by atoms with Crippen LogP contribution < -0.4 is 0 Å². The third kappa shape index (κ3) is 3.96. The van der Waals surface area contributed by atoms with E-state index < -0.39 is 0 Å². The summed E-state index contributed by atoms with van der Waals surface area (Å²) in [5.41, 5.74) is 1.87. The highest BCUT2D eigenvalue weighted by Gasteiger charge is 2.25. The minimum Gasteiger partial charge on any atom is -0.381 e. The van der Waals surface area contributed by atoms with Gasteiger partial charge in [0.1, 0.15) is 0 Å². The van der Waals surface area contributed by atoms with Crippen LogP contribution in [0.25, 0.3) is 0 Å². The number of aromatic nitrogens is 3. The van der Waals surface area contributed by atoms with Crippen LogP contribution >= 0.6 is 0 Å². The van der Waals surface area contributed by atoms with E-state index in [1.807, 2.05) is 42.5 Å². The Kier molecular flexibility index (Phi) is 5.02. The monoisotopic (exact) mass is 314 g/mol. The Morgan fingerprint density at radius 1 is 1.39 bits per heavy atom. The van der Waals surface area contributed by atoms with E-state index in [1.165, 1.54) is 0 Å². The van der Waals surface area contributed by atoms with Crippen molar-refractivity contribution in [3.63, 3.8) is 0 Å². The van der Waals surface area contributed by atoms with E-state index in [-0.39, 0.29) is 11.8 Å². The second-order valence-corrected chi connectivity index (χ2v) is 5.83. The summed E-state index contributed by atoms with van der Waals surface area (Å²) in [6, 6.07) is 5.65. The topological polar surface area (TPSA) is 60.2 Å². The van der Waals surface area contributed by atoms with Gasteiger partial charge in [-0.2, -0.15) is 0 Å². The molecule has 0 N–H and O–H groups in total. The minimum absolute atomic E-state index is 0.0971. The van der Waals surface area contributed by atoms with Gasteiger partial charge in [0.05, 0.1) is 31.6 Å². The van der Waals surface area contributed by atoms with Crippen LogP contribution in [0, 0.1) is 5.92 Å². The molecule has 3 rings (SSSR count). The number of imidazole rings is 1. The largest absolute Gasteiger partial charge is 0.381 e. The number of nitrogens with zero attached hydrogens (tertiary/aromatic N) is 4. The molecular formula is C17H22N4O2. The molecule has 3 heterocycles. The van der Waals surface area contributed by atoms with Gasteiger partial charge in [-0.3, -0.25) is 9.78 Å². The summed E-state index contributed by atoms with van der Waals surface area (Å²) in [4.78, 5) is 23.0. The van der Waals surface area contributed by atoms with Crippen LogP contribution in [0.5, 0.6) is 0 Å². The molecule has 2 aromatic heterocycles. The van der Waals surface area contributed by atoms with Crippen molar-refractivity contribution in [3.05, 3.63) is 48.3 Å². The summed E-state index contributed by atoms with van der Waals surface area (Å²) in [5, 5.41) is 0. The summed E-state index contributed by atoms with van der Waals surface area (Å²) in [6.45, 7) is 5.46. The molecule has 0 saturated carbocycles. The van der Waals surface area contributed by atoms with E-state index in [0.717, 1.165) is 17.9 Å². The fraction of sp³-hybridized carbons (Fsp3) is 0.471. The highest BCUT2D eigenvalue weighted by molar-refractivity contribution is 5.78. The molecule has 1 unspecified atom stereocenters. The number of amides is 1. The molecule has 23 heavy (non-hydrogen) atoms. The highest BCUT2D eigenvalue weighted by Crippen LogP contribution is 2.17. The molecule has 0 aliphatic carbocycles. The zero-order chi connectivity index (χ0) is 16.1. The quantitative estimate of drug-likeness (QED) is 0.839. The summed E-state index contributed by atoms with van der Waals surface area (Å²) in [6.07, 6.45) is 5.72. The average Bonchev–Trinajstić information content (AvgIpc) is 2.92. The van der Waals surface area contributed by atoms with Crippen molar-refractivity contribution < 1.29 is 9.53 Å². The van der Waals surface area contributed by atoms with Crippen LogP contribution in [0.3, 0.4) is 0 Å². The van der Waals surface area contributed by atoms with Gasteiger partial charge in [0.25, 0.3) is 0 Å². The van der Waals surface area contributed by atoms with Crippen molar-refractivity contribution in [1.29, 1.82) is 0 Å². The number of carbonyl (C=O) groups excluding carboxylic acids is 1. The van der Waals surface area contributed by atoms with Crippen LogP contribution in [0.4, 0.5) is 0 Å². The number of hydrogen-bond acceptors (Lipinski definition) is 4. The number of carbonyl (C=O) groups is 1. The Morgan fingerprint density at radius 2 is 2.30 bits per heavy atom. The Hall–Kier alpha value is -2.21. The fourth-order valence-electron chi connectivity index (χ4n) is 2.90. The SMILES string of the molecule is CCOCC1CN(C(=O)Cc2ccccn2)Cc2cncn2C1. The lowest BCUT2D eigenvalue weighted by Crippen LogP contribution is -2.36. The van der Waals surface area contributed by atoms with Gasteiger partial charge in [-0.05, 0) is 19.1 Å². The highest BCUT2D eigenvalue weighted by atomic mass is 16.5.